The van der Waals surface area contributed by atoms with Crippen LogP contribution in [0.25, 0.3) is 10.6 Å². The molecule has 0 spiro atoms. The lowest BCUT2D eigenvalue weighted by Crippen LogP contribution is -2.53. The molecule has 5 rings (SSSR count). The smallest absolute Gasteiger partial charge is 0.137 e. The third-order valence-electron chi connectivity index (χ3n) is 6.34. The lowest BCUT2D eigenvalue weighted by molar-refractivity contribution is -0.0675. The fourth-order valence-corrected chi connectivity index (χ4v) is 5.57. The van der Waals surface area contributed by atoms with Gasteiger partial charge in [0.15, 0.2) is 0 Å². The summed E-state index contributed by atoms with van der Waals surface area (Å²) in [6.07, 6.45) is 3.42. The number of aliphatic hydroxyl groups is 1. The van der Waals surface area contributed by atoms with Crippen molar-refractivity contribution in [2.45, 2.75) is 38.1 Å². The number of hydrogen-bond acceptors (Lipinski definition) is 6. The Labute approximate surface area is 198 Å². The maximum Gasteiger partial charge on any atom is 0.137 e. The van der Waals surface area contributed by atoms with Crippen LogP contribution >= 0.6 is 11.3 Å². The number of nitrogens with zero attached hydrogens (tertiary/aromatic N) is 5. The van der Waals surface area contributed by atoms with Crippen molar-refractivity contribution in [1.29, 1.82) is 0 Å². The molecule has 0 aliphatic carbocycles. The van der Waals surface area contributed by atoms with Crippen molar-refractivity contribution < 1.29 is 18.3 Å². The van der Waals surface area contributed by atoms with Gasteiger partial charge in [0.05, 0.1) is 12.2 Å². The van der Waals surface area contributed by atoms with Gasteiger partial charge >= 0.3 is 0 Å². The topological polar surface area (TPSA) is 67.1 Å². The Kier molecular flexibility index (Phi) is 5.97. The molecular weight excluding hydrogens is 463 g/mol. The second-order valence-corrected chi connectivity index (χ2v) is 9.52. The standard InChI is InChI=1S/C24H22F3N5OS/c1-15(24(33,12-32-14-28-13-29-32)19-6-5-18(26)10-20(19)27)31-8-7-21-22(11-31)34-23(30-21)16-3-2-4-17(25)9-16/h2-6,9-10,13-15,33H,7-8,11-12H2,1H3/t15-,24-/m1/s1. The van der Waals surface area contributed by atoms with Crippen LogP contribution in [0.3, 0.4) is 0 Å². The molecule has 0 fully saturated rings. The number of fused-ring (bicyclic) bond motifs is 1. The molecule has 34 heavy (non-hydrogen) atoms. The Bertz CT molecular complexity index is 1310. The van der Waals surface area contributed by atoms with Gasteiger partial charge in [-0.25, -0.2) is 27.8 Å². The van der Waals surface area contributed by atoms with Crippen molar-refractivity contribution in [3.63, 3.8) is 0 Å². The summed E-state index contributed by atoms with van der Waals surface area (Å²) >= 11 is 1.48. The Morgan fingerprint density at radius 3 is 2.71 bits per heavy atom. The first-order valence-corrected chi connectivity index (χ1v) is 11.6. The van der Waals surface area contributed by atoms with E-state index in [0.29, 0.717) is 19.5 Å². The van der Waals surface area contributed by atoms with Crippen LogP contribution in [0.4, 0.5) is 13.2 Å². The molecule has 2 aromatic carbocycles. The van der Waals surface area contributed by atoms with E-state index in [4.69, 9.17) is 4.98 Å². The Balaban J connectivity index is 1.46. The Morgan fingerprint density at radius 1 is 1.15 bits per heavy atom. The molecule has 10 heteroatoms. The van der Waals surface area contributed by atoms with Gasteiger partial charge < -0.3 is 5.11 Å². The van der Waals surface area contributed by atoms with Crippen LogP contribution in [-0.2, 0) is 25.1 Å². The van der Waals surface area contributed by atoms with Crippen LogP contribution in [0.2, 0.25) is 0 Å². The molecule has 1 aliphatic heterocycles. The summed E-state index contributed by atoms with van der Waals surface area (Å²) in [6, 6.07) is 8.97. The van der Waals surface area contributed by atoms with E-state index in [2.05, 4.69) is 15.0 Å². The Hall–Kier alpha value is -3.08. The van der Waals surface area contributed by atoms with Crippen molar-refractivity contribution in [2.75, 3.05) is 6.54 Å². The first kappa shape index (κ1) is 22.7. The van der Waals surface area contributed by atoms with E-state index in [1.807, 2.05) is 13.0 Å². The molecule has 6 nitrogen and oxygen atoms in total. The lowest BCUT2D eigenvalue weighted by Gasteiger charge is -2.42. The number of halogens is 3. The first-order chi connectivity index (χ1) is 16.3. The molecule has 0 bridgehead atoms. The zero-order valence-corrected chi connectivity index (χ0v) is 19.1. The highest BCUT2D eigenvalue weighted by atomic mass is 32.1. The van der Waals surface area contributed by atoms with Crippen LogP contribution in [0.15, 0.2) is 55.1 Å². The highest BCUT2D eigenvalue weighted by Gasteiger charge is 2.43. The second-order valence-electron chi connectivity index (χ2n) is 8.44. The molecule has 0 saturated heterocycles. The van der Waals surface area contributed by atoms with Crippen LogP contribution in [-0.4, -0.2) is 42.3 Å². The van der Waals surface area contributed by atoms with E-state index in [1.54, 1.807) is 6.07 Å². The van der Waals surface area contributed by atoms with Crippen molar-refractivity contribution in [1.82, 2.24) is 24.6 Å². The predicted molar refractivity (Wildman–Crippen MR) is 121 cm³/mol. The van der Waals surface area contributed by atoms with Crippen molar-refractivity contribution in [2.24, 2.45) is 0 Å². The van der Waals surface area contributed by atoms with E-state index >= 15 is 0 Å². The summed E-state index contributed by atoms with van der Waals surface area (Å²) in [7, 11) is 0. The van der Waals surface area contributed by atoms with Gasteiger partial charge in [0.1, 0.15) is 40.7 Å². The fourth-order valence-electron chi connectivity index (χ4n) is 4.44. The highest BCUT2D eigenvalue weighted by Crippen LogP contribution is 2.37. The molecule has 2 atom stereocenters. The minimum Gasteiger partial charge on any atom is -0.381 e. The van der Waals surface area contributed by atoms with E-state index in [9.17, 15) is 18.3 Å². The molecule has 176 valence electrons. The second kappa shape index (κ2) is 8.94. The SMILES string of the molecule is C[C@@H](N1CCc2nc(-c3cccc(F)c3)sc2C1)[C@](O)(Cn1cncn1)c1ccc(F)cc1F. The van der Waals surface area contributed by atoms with Gasteiger partial charge in [-0.1, -0.05) is 18.2 Å². The summed E-state index contributed by atoms with van der Waals surface area (Å²) in [4.78, 5) is 11.7. The van der Waals surface area contributed by atoms with Gasteiger partial charge in [0.2, 0.25) is 0 Å². The summed E-state index contributed by atoms with van der Waals surface area (Å²) in [5.74, 6) is -1.85. The first-order valence-electron chi connectivity index (χ1n) is 10.8. The third-order valence-corrected chi connectivity index (χ3v) is 7.47. The normalized spacial score (nSPS) is 16.7. The van der Waals surface area contributed by atoms with Gasteiger partial charge in [-0.15, -0.1) is 11.3 Å². The summed E-state index contributed by atoms with van der Waals surface area (Å²) < 4.78 is 43.6. The van der Waals surface area contributed by atoms with E-state index in [1.165, 1.54) is 46.9 Å². The van der Waals surface area contributed by atoms with Gasteiger partial charge in [-0.2, -0.15) is 5.10 Å². The van der Waals surface area contributed by atoms with Crippen LogP contribution in [0, 0.1) is 17.5 Å². The molecule has 3 heterocycles. The molecule has 0 unspecified atom stereocenters. The molecule has 1 aliphatic rings. The summed E-state index contributed by atoms with van der Waals surface area (Å²) in [5, 5.41) is 16.7. The van der Waals surface area contributed by atoms with Crippen molar-refractivity contribution >= 4 is 11.3 Å². The number of thiazole rings is 1. The predicted octanol–water partition coefficient (Wildman–Crippen LogP) is 4.15. The zero-order valence-electron chi connectivity index (χ0n) is 18.3. The molecule has 0 radical (unpaired) electrons. The van der Waals surface area contributed by atoms with Gasteiger partial charge in [0, 0.05) is 47.6 Å². The number of benzene rings is 2. The molecule has 0 saturated carbocycles. The average Bonchev–Trinajstić information content (AvgIpc) is 3.47. The monoisotopic (exact) mass is 485 g/mol. The number of rotatable bonds is 6. The van der Waals surface area contributed by atoms with E-state index in [0.717, 1.165) is 33.3 Å². The van der Waals surface area contributed by atoms with Gasteiger partial charge in [-0.05, 0) is 25.1 Å². The quantitative estimate of drug-likeness (QED) is 0.445. The molecule has 0 amide bonds. The fraction of sp³-hybridized carbons (Fsp3) is 0.292. The van der Waals surface area contributed by atoms with Crippen molar-refractivity contribution in [3.8, 4) is 10.6 Å². The Morgan fingerprint density at radius 2 is 1.97 bits per heavy atom. The number of aromatic nitrogens is 4. The van der Waals surface area contributed by atoms with Crippen LogP contribution in [0.5, 0.6) is 0 Å². The molecule has 2 aromatic heterocycles. The molecule has 1 N–H and O–H groups in total. The lowest BCUT2D eigenvalue weighted by atomic mass is 9.85. The molecule has 4 aromatic rings. The van der Waals surface area contributed by atoms with Crippen molar-refractivity contribution in [3.05, 3.63) is 88.7 Å². The zero-order chi connectivity index (χ0) is 23.9. The van der Waals surface area contributed by atoms with Crippen LogP contribution < -0.4 is 0 Å². The largest absolute Gasteiger partial charge is 0.381 e. The minimum absolute atomic E-state index is 0.00699. The highest BCUT2D eigenvalue weighted by molar-refractivity contribution is 7.15. The third kappa shape index (κ3) is 4.24. The minimum atomic E-state index is -1.71. The van der Waals surface area contributed by atoms with Crippen LogP contribution in [0.1, 0.15) is 23.1 Å². The van der Waals surface area contributed by atoms with Gasteiger partial charge in [-0.3, -0.25) is 4.90 Å². The summed E-state index contributed by atoms with van der Waals surface area (Å²) in [6.45, 7) is 2.84. The average molecular weight is 486 g/mol. The van der Waals surface area contributed by atoms with Gasteiger partial charge in [0.25, 0.3) is 0 Å². The maximum atomic E-state index is 14.9. The number of hydrogen-bond donors (Lipinski definition) is 1. The van der Waals surface area contributed by atoms with E-state index < -0.39 is 23.3 Å². The molecular formula is C24H22F3N5OS. The summed E-state index contributed by atoms with van der Waals surface area (Å²) in [5.41, 5.74) is -0.0537. The maximum absolute atomic E-state index is 14.9. The van der Waals surface area contributed by atoms with E-state index in [-0.39, 0.29) is 17.9 Å².